The fourth-order valence-electron chi connectivity index (χ4n) is 1.63. The quantitative estimate of drug-likeness (QED) is 0.507. The molecule has 0 aromatic heterocycles. The molecule has 0 spiro atoms. The summed E-state index contributed by atoms with van der Waals surface area (Å²) in [4.78, 5) is 33.5. The number of nitrogens with one attached hydrogen (secondary N) is 1. The van der Waals surface area contributed by atoms with Gasteiger partial charge in [0.2, 0.25) is 11.8 Å². The van der Waals surface area contributed by atoms with Crippen LogP contribution in [0.25, 0.3) is 0 Å². The van der Waals surface area contributed by atoms with Crippen LogP contribution in [-0.4, -0.2) is 35.0 Å². The lowest BCUT2D eigenvalue weighted by molar-refractivity contribution is -0.139. The number of hydrogen-bond donors (Lipinski definition) is 4. The summed E-state index contributed by atoms with van der Waals surface area (Å²) in [6.45, 7) is 0. The predicted octanol–water partition coefficient (Wildman–Crippen LogP) is -0.999. The Morgan fingerprint density at radius 2 is 1.80 bits per heavy atom. The lowest BCUT2D eigenvalue weighted by Crippen LogP contribution is -2.51. The zero-order valence-corrected chi connectivity index (χ0v) is 10.8. The van der Waals surface area contributed by atoms with Crippen LogP contribution in [0.1, 0.15) is 12.0 Å². The fourth-order valence-corrected chi connectivity index (χ4v) is 1.63. The van der Waals surface area contributed by atoms with Gasteiger partial charge in [0.05, 0.1) is 12.5 Å². The highest BCUT2D eigenvalue weighted by Crippen LogP contribution is 2.03. The van der Waals surface area contributed by atoms with Crippen molar-refractivity contribution in [3.05, 3.63) is 35.9 Å². The van der Waals surface area contributed by atoms with E-state index in [1.807, 2.05) is 6.07 Å². The van der Waals surface area contributed by atoms with Gasteiger partial charge in [-0.2, -0.15) is 0 Å². The van der Waals surface area contributed by atoms with Crippen LogP contribution in [0.4, 0.5) is 0 Å². The summed E-state index contributed by atoms with van der Waals surface area (Å²) in [5.41, 5.74) is 11.5. The number of hydrogen-bond acceptors (Lipinski definition) is 4. The zero-order chi connectivity index (χ0) is 15.1. The van der Waals surface area contributed by atoms with Crippen LogP contribution in [-0.2, 0) is 20.8 Å². The summed E-state index contributed by atoms with van der Waals surface area (Å²) in [7, 11) is 0. The van der Waals surface area contributed by atoms with E-state index in [2.05, 4.69) is 5.32 Å². The molecule has 2 unspecified atom stereocenters. The predicted molar refractivity (Wildman–Crippen MR) is 71.5 cm³/mol. The van der Waals surface area contributed by atoms with Crippen molar-refractivity contribution in [1.82, 2.24) is 5.32 Å². The number of nitrogens with two attached hydrogens (primary N) is 2. The van der Waals surface area contributed by atoms with Gasteiger partial charge in [-0.25, -0.2) is 0 Å². The number of rotatable bonds is 7. The molecule has 0 aliphatic carbocycles. The lowest BCUT2D eigenvalue weighted by atomic mass is 10.0. The molecule has 1 rings (SSSR count). The van der Waals surface area contributed by atoms with E-state index in [0.29, 0.717) is 0 Å². The lowest BCUT2D eigenvalue weighted by Gasteiger charge is -2.18. The Morgan fingerprint density at radius 1 is 1.20 bits per heavy atom. The number of carbonyl (C=O) groups excluding carboxylic acids is 2. The topological polar surface area (TPSA) is 136 Å². The molecule has 7 heteroatoms. The molecular formula is C13H17N3O4. The molecule has 2 amide bonds. The largest absolute Gasteiger partial charge is 0.481 e. The van der Waals surface area contributed by atoms with E-state index in [4.69, 9.17) is 16.6 Å². The first kappa shape index (κ1) is 15.6. The highest BCUT2D eigenvalue weighted by atomic mass is 16.4. The SMILES string of the molecule is NC(=O)C(Cc1ccccc1)NC(=O)C(N)CC(=O)O. The van der Waals surface area contributed by atoms with E-state index >= 15 is 0 Å². The van der Waals surface area contributed by atoms with Crippen molar-refractivity contribution in [3.8, 4) is 0 Å². The van der Waals surface area contributed by atoms with E-state index in [0.717, 1.165) is 5.56 Å². The summed E-state index contributed by atoms with van der Waals surface area (Å²) in [6.07, 6.45) is -0.287. The highest BCUT2D eigenvalue weighted by molar-refractivity contribution is 5.90. The molecule has 0 radical (unpaired) electrons. The smallest absolute Gasteiger partial charge is 0.305 e. The second kappa shape index (κ2) is 7.25. The first-order chi connectivity index (χ1) is 9.40. The van der Waals surface area contributed by atoms with Crippen molar-refractivity contribution in [2.45, 2.75) is 24.9 Å². The van der Waals surface area contributed by atoms with Crippen molar-refractivity contribution in [2.24, 2.45) is 11.5 Å². The molecule has 20 heavy (non-hydrogen) atoms. The Labute approximate surface area is 115 Å². The second-order valence-corrected chi connectivity index (χ2v) is 4.36. The first-order valence-electron chi connectivity index (χ1n) is 6.01. The Hall–Kier alpha value is -2.41. The molecule has 0 aliphatic rings. The molecule has 0 aliphatic heterocycles. The number of primary amides is 1. The maximum Gasteiger partial charge on any atom is 0.305 e. The van der Waals surface area contributed by atoms with Crippen LogP contribution < -0.4 is 16.8 Å². The standard InChI is InChI=1S/C13H17N3O4/c14-9(7-11(17)18)13(20)16-10(12(15)19)6-8-4-2-1-3-5-8/h1-5,9-10H,6-7,14H2,(H2,15,19)(H,16,20)(H,17,18). The van der Waals surface area contributed by atoms with Crippen LogP contribution in [0.3, 0.4) is 0 Å². The number of carboxylic acids is 1. The van der Waals surface area contributed by atoms with Crippen molar-refractivity contribution >= 4 is 17.8 Å². The van der Waals surface area contributed by atoms with Crippen molar-refractivity contribution < 1.29 is 19.5 Å². The minimum Gasteiger partial charge on any atom is -0.481 e. The van der Waals surface area contributed by atoms with Gasteiger partial charge < -0.3 is 21.9 Å². The summed E-state index contributed by atoms with van der Waals surface area (Å²) < 4.78 is 0. The maximum atomic E-state index is 11.7. The Kier molecular flexibility index (Phi) is 5.67. The number of benzene rings is 1. The Bertz CT molecular complexity index is 490. The van der Waals surface area contributed by atoms with Gasteiger partial charge in [-0.05, 0) is 5.56 Å². The number of aliphatic carboxylic acids is 1. The maximum absolute atomic E-state index is 11.7. The van der Waals surface area contributed by atoms with Gasteiger partial charge in [-0.3, -0.25) is 14.4 Å². The molecule has 1 aromatic rings. The molecule has 1 aromatic carbocycles. The molecule has 0 saturated carbocycles. The van der Waals surface area contributed by atoms with Crippen LogP contribution in [0.2, 0.25) is 0 Å². The third-order valence-corrected chi connectivity index (χ3v) is 2.67. The van der Waals surface area contributed by atoms with Crippen LogP contribution in [0.15, 0.2) is 30.3 Å². The average molecular weight is 279 g/mol. The van der Waals surface area contributed by atoms with Crippen LogP contribution >= 0.6 is 0 Å². The van der Waals surface area contributed by atoms with Gasteiger partial charge >= 0.3 is 5.97 Å². The minimum absolute atomic E-state index is 0.224. The molecular weight excluding hydrogens is 262 g/mol. The monoisotopic (exact) mass is 279 g/mol. The third kappa shape index (κ3) is 5.07. The van der Waals surface area contributed by atoms with Gasteiger partial charge in [0.25, 0.3) is 0 Å². The number of amides is 2. The summed E-state index contributed by atoms with van der Waals surface area (Å²) >= 11 is 0. The number of carbonyl (C=O) groups is 3. The van der Waals surface area contributed by atoms with Crippen LogP contribution in [0, 0.1) is 0 Å². The van der Waals surface area contributed by atoms with Crippen molar-refractivity contribution in [3.63, 3.8) is 0 Å². The van der Waals surface area contributed by atoms with E-state index in [-0.39, 0.29) is 6.42 Å². The molecule has 0 fully saturated rings. The van der Waals surface area contributed by atoms with E-state index < -0.39 is 36.3 Å². The van der Waals surface area contributed by atoms with E-state index in [1.54, 1.807) is 24.3 Å². The molecule has 0 bridgehead atoms. The highest BCUT2D eigenvalue weighted by Gasteiger charge is 2.23. The van der Waals surface area contributed by atoms with E-state index in [9.17, 15) is 14.4 Å². The zero-order valence-electron chi connectivity index (χ0n) is 10.8. The van der Waals surface area contributed by atoms with E-state index in [1.165, 1.54) is 0 Å². The normalized spacial score (nSPS) is 13.2. The average Bonchev–Trinajstić information content (AvgIpc) is 2.38. The van der Waals surface area contributed by atoms with Crippen molar-refractivity contribution in [2.75, 3.05) is 0 Å². The third-order valence-electron chi connectivity index (χ3n) is 2.67. The molecule has 108 valence electrons. The van der Waals surface area contributed by atoms with Gasteiger partial charge in [0.15, 0.2) is 0 Å². The summed E-state index contributed by atoms with van der Waals surface area (Å²) in [5, 5.41) is 10.9. The van der Waals surface area contributed by atoms with Gasteiger partial charge in [0, 0.05) is 6.42 Å². The molecule has 6 N–H and O–H groups in total. The summed E-state index contributed by atoms with van der Waals surface area (Å²) in [5.74, 6) is -2.61. The first-order valence-corrected chi connectivity index (χ1v) is 6.01. The minimum atomic E-state index is -1.22. The molecule has 7 nitrogen and oxygen atoms in total. The van der Waals surface area contributed by atoms with Crippen LogP contribution in [0.5, 0.6) is 0 Å². The molecule has 0 heterocycles. The van der Waals surface area contributed by atoms with Crippen molar-refractivity contribution in [1.29, 1.82) is 0 Å². The number of carboxylic acid groups (broad SMARTS) is 1. The van der Waals surface area contributed by atoms with Gasteiger partial charge in [-0.1, -0.05) is 30.3 Å². The van der Waals surface area contributed by atoms with Gasteiger partial charge in [0.1, 0.15) is 6.04 Å². The Morgan fingerprint density at radius 3 is 2.30 bits per heavy atom. The molecule has 0 saturated heterocycles. The van der Waals surface area contributed by atoms with Gasteiger partial charge in [-0.15, -0.1) is 0 Å². The second-order valence-electron chi connectivity index (χ2n) is 4.36. The fraction of sp³-hybridized carbons (Fsp3) is 0.308. The summed E-state index contributed by atoms with van der Waals surface area (Å²) in [6, 6.07) is 6.86. The molecule has 2 atom stereocenters. The Balaban J connectivity index is 2.66.